The molecule has 3 aromatic rings. The van der Waals surface area contributed by atoms with Crippen LogP contribution in [0.15, 0.2) is 27.9 Å². The molecule has 1 fully saturated rings. The molecule has 2 N–H and O–H groups in total. The lowest BCUT2D eigenvalue weighted by molar-refractivity contribution is 0.222. The van der Waals surface area contributed by atoms with E-state index in [1.165, 1.54) is 53.9 Å². The van der Waals surface area contributed by atoms with Crippen molar-refractivity contribution in [2.24, 2.45) is 7.05 Å². The van der Waals surface area contributed by atoms with Crippen LogP contribution in [0.3, 0.4) is 0 Å². The van der Waals surface area contributed by atoms with Crippen LogP contribution >= 0.6 is 0 Å². The Labute approximate surface area is 297 Å². The summed E-state index contributed by atoms with van der Waals surface area (Å²) in [6.07, 6.45) is 13.4. The van der Waals surface area contributed by atoms with Gasteiger partial charge in [0.05, 0.1) is 29.4 Å². The zero-order valence-corrected chi connectivity index (χ0v) is 32.0. The zero-order chi connectivity index (χ0) is 36.7. The fourth-order valence-corrected chi connectivity index (χ4v) is 7.62. The van der Waals surface area contributed by atoms with E-state index in [2.05, 4.69) is 26.1 Å². The molecule has 0 unspecified atom stereocenters. The van der Waals surface area contributed by atoms with Crippen LogP contribution in [0.25, 0.3) is 22.4 Å². The number of aryl methyl sites for hydroxylation is 2. The second-order valence-electron chi connectivity index (χ2n) is 12.7. The number of likely N-dealkylation sites (N-methyl/N-ethyl adjacent to an activating group) is 1. The first-order valence-corrected chi connectivity index (χ1v) is 20.7. The van der Waals surface area contributed by atoms with Gasteiger partial charge in [0.15, 0.2) is 5.52 Å². The van der Waals surface area contributed by atoms with Gasteiger partial charge in [-0.3, -0.25) is 14.0 Å². The second-order valence-corrected chi connectivity index (χ2v) is 15.7. The number of nitrogens with one attached hydrogen (secondary N) is 1. The minimum atomic E-state index is -4.23. The Kier molecular flexibility index (Phi) is 16.8. The molecule has 16 heteroatoms. The van der Waals surface area contributed by atoms with Crippen molar-refractivity contribution in [2.45, 2.75) is 103 Å². The van der Waals surface area contributed by atoms with Crippen molar-refractivity contribution in [1.82, 2.24) is 29.0 Å². The molecule has 1 aromatic carbocycles. The van der Waals surface area contributed by atoms with E-state index in [-0.39, 0.29) is 22.9 Å². The van der Waals surface area contributed by atoms with Gasteiger partial charge in [-0.2, -0.15) is 17.8 Å². The number of fused-ring (bicyclic) bond motifs is 1. The standard InChI is InChI=1S/C22H30N6O4S.C12H26O4S/c1-5-7-17-19-20(27(4)25-17)22(29)24-21(23-19)16-14-15(8-9-18(16)32-6-2)33(30,31)28-12-10-26(3)11-13-28;1-2-3-4-5-6-7-8-9-10-11-12-16-17(13,14)15/h8-9,14H,5-7,10-13H2,1-4H3,(H,23,24,29);2-12H2,1H3,(H,13,14,15). The molecule has 282 valence electrons. The van der Waals surface area contributed by atoms with Gasteiger partial charge in [0.25, 0.3) is 5.56 Å². The Balaban J connectivity index is 0.000000338. The third-order valence-electron chi connectivity index (χ3n) is 8.59. The number of H-pyrrole nitrogens is 1. The molecule has 50 heavy (non-hydrogen) atoms. The Hall–Kier alpha value is -2.89. The Morgan fingerprint density at radius 3 is 2.06 bits per heavy atom. The number of benzene rings is 1. The summed E-state index contributed by atoms with van der Waals surface area (Å²) in [6.45, 7) is 8.79. The van der Waals surface area contributed by atoms with Crippen molar-refractivity contribution >= 4 is 31.5 Å². The number of ether oxygens (including phenoxy) is 1. The highest BCUT2D eigenvalue weighted by atomic mass is 32.3. The topological polar surface area (TPSA) is 177 Å². The number of hydrogen-bond donors (Lipinski definition) is 2. The van der Waals surface area contributed by atoms with E-state index in [4.69, 9.17) is 14.3 Å². The van der Waals surface area contributed by atoms with Crippen LogP contribution in [0, 0.1) is 0 Å². The maximum atomic E-state index is 13.3. The second kappa shape index (κ2) is 20.2. The van der Waals surface area contributed by atoms with Crippen LogP contribution < -0.4 is 10.3 Å². The highest BCUT2D eigenvalue weighted by Crippen LogP contribution is 2.32. The quantitative estimate of drug-likeness (QED) is 0.120. The molecular weight excluding hydrogens is 685 g/mol. The molecule has 0 spiro atoms. The molecule has 1 saturated heterocycles. The van der Waals surface area contributed by atoms with Crippen LogP contribution in [0.4, 0.5) is 0 Å². The van der Waals surface area contributed by atoms with E-state index >= 15 is 0 Å². The number of nitrogens with zero attached hydrogens (tertiary/aromatic N) is 5. The van der Waals surface area contributed by atoms with Gasteiger partial charge >= 0.3 is 10.4 Å². The summed E-state index contributed by atoms with van der Waals surface area (Å²) in [6, 6.07) is 4.71. The van der Waals surface area contributed by atoms with E-state index < -0.39 is 20.4 Å². The lowest BCUT2D eigenvalue weighted by atomic mass is 10.1. The number of rotatable bonds is 19. The number of sulfonamides is 1. The van der Waals surface area contributed by atoms with Crippen molar-refractivity contribution in [2.75, 3.05) is 46.4 Å². The molecule has 1 aliphatic rings. The van der Waals surface area contributed by atoms with Gasteiger partial charge in [0.2, 0.25) is 10.0 Å². The SMILES string of the molecule is CCCCCCCCCCCCOS(=O)(=O)O.CCCc1nn(C)c2c(=O)[nH]c(-c3cc(S(=O)(=O)N4CCN(C)CC4)ccc3OCC)nc12. The van der Waals surface area contributed by atoms with Crippen LogP contribution in [0.1, 0.15) is 97.1 Å². The van der Waals surface area contributed by atoms with Gasteiger partial charge in [0, 0.05) is 33.2 Å². The van der Waals surface area contributed by atoms with E-state index in [9.17, 15) is 21.6 Å². The Bertz CT molecular complexity index is 1770. The molecule has 0 radical (unpaired) electrons. The number of aromatic amines is 1. The van der Waals surface area contributed by atoms with E-state index in [0.29, 0.717) is 68.0 Å². The van der Waals surface area contributed by atoms with Crippen LogP contribution in [0.2, 0.25) is 0 Å². The van der Waals surface area contributed by atoms with E-state index in [0.717, 1.165) is 25.0 Å². The van der Waals surface area contributed by atoms with Crippen LogP contribution in [-0.2, 0) is 38.1 Å². The predicted molar refractivity (Wildman–Crippen MR) is 195 cm³/mol. The summed E-state index contributed by atoms with van der Waals surface area (Å²) in [5, 5.41) is 4.45. The number of aromatic nitrogens is 4. The fourth-order valence-electron chi connectivity index (χ4n) is 5.85. The first kappa shape index (κ1) is 41.5. The summed E-state index contributed by atoms with van der Waals surface area (Å²) in [4.78, 5) is 22.7. The third-order valence-corrected chi connectivity index (χ3v) is 10.9. The molecule has 4 rings (SSSR count). The molecule has 0 bridgehead atoms. The third kappa shape index (κ3) is 12.4. The van der Waals surface area contributed by atoms with E-state index in [1.54, 1.807) is 25.2 Å². The Morgan fingerprint density at radius 2 is 1.48 bits per heavy atom. The first-order valence-electron chi connectivity index (χ1n) is 17.9. The average Bonchev–Trinajstić information content (AvgIpc) is 3.39. The summed E-state index contributed by atoms with van der Waals surface area (Å²) in [7, 11) is -4.24. The van der Waals surface area contributed by atoms with Gasteiger partial charge in [0.1, 0.15) is 17.1 Å². The predicted octanol–water partition coefficient (Wildman–Crippen LogP) is 5.34. The van der Waals surface area contributed by atoms with Crippen molar-refractivity contribution in [1.29, 1.82) is 0 Å². The van der Waals surface area contributed by atoms with Gasteiger partial charge in [-0.05, 0) is 45.0 Å². The fraction of sp³-hybridized carbons (Fsp3) is 0.676. The maximum Gasteiger partial charge on any atom is 0.397 e. The highest BCUT2D eigenvalue weighted by Gasteiger charge is 2.29. The molecule has 0 amide bonds. The van der Waals surface area contributed by atoms with Gasteiger partial charge in [-0.1, -0.05) is 78.1 Å². The van der Waals surface area contributed by atoms with Crippen molar-refractivity contribution < 1.29 is 30.3 Å². The number of unbranched alkanes of at least 4 members (excludes halogenated alkanes) is 9. The Morgan fingerprint density at radius 1 is 0.860 bits per heavy atom. The summed E-state index contributed by atoms with van der Waals surface area (Å²) in [5.74, 6) is 0.718. The minimum Gasteiger partial charge on any atom is -0.493 e. The van der Waals surface area contributed by atoms with Crippen molar-refractivity contribution in [3.05, 3.63) is 34.2 Å². The molecule has 0 aliphatic carbocycles. The van der Waals surface area contributed by atoms with Crippen LogP contribution in [0.5, 0.6) is 5.75 Å². The lowest BCUT2D eigenvalue weighted by Crippen LogP contribution is -2.47. The highest BCUT2D eigenvalue weighted by molar-refractivity contribution is 7.89. The zero-order valence-electron chi connectivity index (χ0n) is 30.3. The summed E-state index contributed by atoms with van der Waals surface area (Å²) >= 11 is 0. The first-order chi connectivity index (χ1) is 23.8. The lowest BCUT2D eigenvalue weighted by Gasteiger charge is -2.31. The summed E-state index contributed by atoms with van der Waals surface area (Å²) < 4.78 is 68.4. The molecule has 14 nitrogen and oxygen atoms in total. The average molecular weight is 741 g/mol. The largest absolute Gasteiger partial charge is 0.493 e. The normalized spacial score (nSPS) is 14.5. The summed E-state index contributed by atoms with van der Waals surface area (Å²) in [5.41, 5.74) is 1.75. The maximum absolute atomic E-state index is 13.3. The monoisotopic (exact) mass is 740 g/mol. The minimum absolute atomic E-state index is 0.0926. The van der Waals surface area contributed by atoms with Crippen molar-refractivity contribution in [3.63, 3.8) is 0 Å². The number of piperazine rings is 1. The molecule has 0 saturated carbocycles. The number of hydrogen-bond acceptors (Lipinski definition) is 10. The molecule has 2 aromatic heterocycles. The van der Waals surface area contributed by atoms with Crippen molar-refractivity contribution in [3.8, 4) is 17.1 Å². The molecular formula is C34H56N6O8S2. The molecule has 1 aliphatic heterocycles. The van der Waals surface area contributed by atoms with Gasteiger partial charge in [-0.25, -0.2) is 17.6 Å². The van der Waals surface area contributed by atoms with Crippen LogP contribution in [-0.4, -0.2) is 96.8 Å². The van der Waals surface area contributed by atoms with Gasteiger partial charge < -0.3 is 14.6 Å². The smallest absolute Gasteiger partial charge is 0.397 e. The molecule has 0 atom stereocenters. The van der Waals surface area contributed by atoms with E-state index in [1.807, 2.05) is 20.9 Å². The van der Waals surface area contributed by atoms with Gasteiger partial charge in [-0.15, -0.1) is 0 Å². The molecule has 3 heterocycles.